The van der Waals surface area contributed by atoms with Crippen LogP contribution in [0, 0.1) is 5.41 Å². The summed E-state index contributed by atoms with van der Waals surface area (Å²) in [6.45, 7) is 4.49. The number of hydrogen-bond donors (Lipinski definition) is 0. The Morgan fingerprint density at radius 2 is 1.91 bits per heavy atom. The molecule has 0 aliphatic carbocycles. The maximum absolute atomic E-state index is 6.07. The van der Waals surface area contributed by atoms with Crippen molar-refractivity contribution in [2.45, 2.75) is 25.4 Å². The summed E-state index contributed by atoms with van der Waals surface area (Å²) in [5.74, 6) is 0. The summed E-state index contributed by atoms with van der Waals surface area (Å²) >= 11 is 0. The van der Waals surface area contributed by atoms with Crippen molar-refractivity contribution >= 4 is 0 Å². The van der Waals surface area contributed by atoms with Crippen molar-refractivity contribution in [1.82, 2.24) is 9.88 Å². The van der Waals surface area contributed by atoms with Gasteiger partial charge in [-0.1, -0.05) is 36.4 Å². The second-order valence-corrected chi connectivity index (χ2v) is 7.15. The molecule has 3 heteroatoms. The molecule has 3 heterocycles. The molecule has 1 aromatic carbocycles. The standard InChI is InChI=1S/C20H24N2O/c1-2-5-17(6-3-1)8-10-22-14-20(15-22)12-19(23-16-20)11-18-7-4-9-21-13-18/h1-7,9,13,19H,8,10-12,14-16H2/t19-/m0/s1. The summed E-state index contributed by atoms with van der Waals surface area (Å²) in [5, 5.41) is 0. The van der Waals surface area contributed by atoms with E-state index < -0.39 is 0 Å². The monoisotopic (exact) mass is 308 g/mol. The lowest BCUT2D eigenvalue weighted by Gasteiger charge is -2.47. The van der Waals surface area contributed by atoms with Gasteiger partial charge in [-0.15, -0.1) is 0 Å². The number of rotatable bonds is 5. The molecule has 0 radical (unpaired) electrons. The van der Waals surface area contributed by atoms with Crippen LogP contribution < -0.4 is 0 Å². The van der Waals surface area contributed by atoms with E-state index in [1.807, 2.05) is 18.5 Å². The Morgan fingerprint density at radius 3 is 2.70 bits per heavy atom. The van der Waals surface area contributed by atoms with Crippen LogP contribution in [-0.2, 0) is 17.6 Å². The van der Waals surface area contributed by atoms with Gasteiger partial charge in [0.2, 0.25) is 0 Å². The predicted octanol–water partition coefficient (Wildman–Crippen LogP) is 2.96. The Bertz CT molecular complexity index is 623. The third-order valence-electron chi connectivity index (χ3n) is 5.15. The minimum Gasteiger partial charge on any atom is -0.377 e. The molecule has 23 heavy (non-hydrogen) atoms. The fraction of sp³-hybridized carbons (Fsp3) is 0.450. The first kappa shape index (κ1) is 14.9. The Labute approximate surface area is 138 Å². The predicted molar refractivity (Wildman–Crippen MR) is 91.3 cm³/mol. The van der Waals surface area contributed by atoms with Gasteiger partial charge >= 0.3 is 0 Å². The lowest BCUT2D eigenvalue weighted by Crippen LogP contribution is -2.57. The molecule has 3 nitrogen and oxygen atoms in total. The molecule has 0 amide bonds. The molecule has 4 rings (SSSR count). The average Bonchev–Trinajstić information content (AvgIpc) is 2.98. The third kappa shape index (κ3) is 3.46. The van der Waals surface area contributed by atoms with Gasteiger partial charge in [0.05, 0.1) is 12.7 Å². The second kappa shape index (κ2) is 6.42. The van der Waals surface area contributed by atoms with E-state index in [1.54, 1.807) is 0 Å². The second-order valence-electron chi connectivity index (χ2n) is 7.15. The van der Waals surface area contributed by atoms with Crippen LogP contribution in [0.1, 0.15) is 17.5 Å². The molecular formula is C20H24N2O. The lowest BCUT2D eigenvalue weighted by atomic mass is 9.77. The Morgan fingerprint density at radius 1 is 1.09 bits per heavy atom. The van der Waals surface area contributed by atoms with Gasteiger partial charge in [-0.05, 0) is 30.0 Å². The Hall–Kier alpha value is -1.71. The molecular weight excluding hydrogens is 284 g/mol. The van der Waals surface area contributed by atoms with Gasteiger partial charge in [0, 0.05) is 43.9 Å². The highest BCUT2D eigenvalue weighted by molar-refractivity contribution is 5.15. The number of nitrogens with zero attached hydrogens (tertiary/aromatic N) is 2. The van der Waals surface area contributed by atoms with E-state index in [9.17, 15) is 0 Å². The van der Waals surface area contributed by atoms with Crippen molar-refractivity contribution in [3.05, 3.63) is 66.0 Å². The molecule has 0 unspecified atom stereocenters. The van der Waals surface area contributed by atoms with Crippen LogP contribution in [0.25, 0.3) is 0 Å². The molecule has 1 aromatic heterocycles. The van der Waals surface area contributed by atoms with Crippen molar-refractivity contribution in [3.63, 3.8) is 0 Å². The molecule has 2 fully saturated rings. The number of ether oxygens (including phenoxy) is 1. The number of aromatic nitrogens is 1. The minimum atomic E-state index is 0.371. The fourth-order valence-electron chi connectivity index (χ4n) is 4.02. The summed E-state index contributed by atoms with van der Waals surface area (Å²) < 4.78 is 6.07. The van der Waals surface area contributed by atoms with Crippen LogP contribution in [0.5, 0.6) is 0 Å². The van der Waals surface area contributed by atoms with Gasteiger partial charge in [0.25, 0.3) is 0 Å². The van der Waals surface area contributed by atoms with E-state index in [0.717, 1.165) is 19.4 Å². The van der Waals surface area contributed by atoms with E-state index >= 15 is 0 Å². The van der Waals surface area contributed by atoms with Gasteiger partial charge in [0.1, 0.15) is 0 Å². The zero-order valence-electron chi connectivity index (χ0n) is 13.5. The first-order valence-corrected chi connectivity index (χ1v) is 8.58. The molecule has 0 bridgehead atoms. The van der Waals surface area contributed by atoms with Gasteiger partial charge in [0.15, 0.2) is 0 Å². The van der Waals surface area contributed by atoms with Gasteiger partial charge in [-0.2, -0.15) is 0 Å². The maximum Gasteiger partial charge on any atom is 0.0623 e. The van der Waals surface area contributed by atoms with Crippen LogP contribution in [-0.4, -0.2) is 42.2 Å². The highest BCUT2D eigenvalue weighted by Crippen LogP contribution is 2.41. The van der Waals surface area contributed by atoms with Crippen LogP contribution >= 0.6 is 0 Å². The number of hydrogen-bond acceptors (Lipinski definition) is 3. The molecule has 2 aliphatic rings. The summed E-state index contributed by atoms with van der Waals surface area (Å²) in [6, 6.07) is 14.9. The molecule has 120 valence electrons. The third-order valence-corrected chi connectivity index (χ3v) is 5.15. The molecule has 2 aliphatic heterocycles. The van der Waals surface area contributed by atoms with Crippen molar-refractivity contribution in [2.75, 3.05) is 26.2 Å². The number of pyridine rings is 1. The number of likely N-dealkylation sites (tertiary alicyclic amines) is 1. The molecule has 1 spiro atoms. The zero-order chi connectivity index (χ0) is 15.5. The Balaban J connectivity index is 1.23. The fourth-order valence-corrected chi connectivity index (χ4v) is 4.02. The van der Waals surface area contributed by atoms with Crippen molar-refractivity contribution in [3.8, 4) is 0 Å². The van der Waals surface area contributed by atoms with Crippen molar-refractivity contribution < 1.29 is 4.74 Å². The van der Waals surface area contributed by atoms with Crippen LogP contribution in [0.15, 0.2) is 54.9 Å². The Kier molecular flexibility index (Phi) is 4.15. The van der Waals surface area contributed by atoms with E-state index in [0.29, 0.717) is 11.5 Å². The maximum atomic E-state index is 6.07. The molecule has 0 N–H and O–H groups in total. The van der Waals surface area contributed by atoms with Gasteiger partial charge in [-0.3, -0.25) is 4.98 Å². The van der Waals surface area contributed by atoms with E-state index in [1.165, 1.54) is 37.2 Å². The van der Waals surface area contributed by atoms with E-state index in [-0.39, 0.29) is 0 Å². The van der Waals surface area contributed by atoms with E-state index in [2.05, 4.69) is 46.3 Å². The normalized spacial score (nSPS) is 23.0. The van der Waals surface area contributed by atoms with Crippen LogP contribution in [0.2, 0.25) is 0 Å². The quantitative estimate of drug-likeness (QED) is 0.849. The van der Waals surface area contributed by atoms with Gasteiger partial charge in [-0.25, -0.2) is 0 Å². The molecule has 0 saturated carbocycles. The topological polar surface area (TPSA) is 25.4 Å². The molecule has 2 aromatic rings. The smallest absolute Gasteiger partial charge is 0.0623 e. The highest BCUT2D eigenvalue weighted by Gasteiger charge is 2.48. The summed E-state index contributed by atoms with van der Waals surface area (Å²) in [6.07, 6.45) is 7.51. The summed E-state index contributed by atoms with van der Waals surface area (Å²) in [7, 11) is 0. The highest BCUT2D eigenvalue weighted by atomic mass is 16.5. The lowest BCUT2D eigenvalue weighted by molar-refractivity contribution is -0.00773. The number of benzene rings is 1. The largest absolute Gasteiger partial charge is 0.377 e. The SMILES string of the molecule is c1ccc(CCN2CC3(CO[C@@H](Cc4cccnc4)C3)C2)cc1. The van der Waals surface area contributed by atoms with E-state index in [4.69, 9.17) is 4.74 Å². The average molecular weight is 308 g/mol. The van der Waals surface area contributed by atoms with Crippen molar-refractivity contribution in [1.29, 1.82) is 0 Å². The summed E-state index contributed by atoms with van der Waals surface area (Å²) in [4.78, 5) is 6.77. The first-order valence-electron chi connectivity index (χ1n) is 8.58. The molecule has 1 atom stereocenters. The first-order chi connectivity index (χ1) is 11.3. The van der Waals surface area contributed by atoms with Crippen molar-refractivity contribution in [2.24, 2.45) is 5.41 Å². The molecule has 2 saturated heterocycles. The van der Waals surface area contributed by atoms with Crippen LogP contribution in [0.3, 0.4) is 0 Å². The minimum absolute atomic E-state index is 0.371. The zero-order valence-corrected chi connectivity index (χ0v) is 13.5. The summed E-state index contributed by atoms with van der Waals surface area (Å²) in [5.41, 5.74) is 3.14. The van der Waals surface area contributed by atoms with Gasteiger partial charge < -0.3 is 9.64 Å². The van der Waals surface area contributed by atoms with Crippen LogP contribution in [0.4, 0.5) is 0 Å².